The van der Waals surface area contributed by atoms with Crippen molar-refractivity contribution >= 4 is 9.84 Å². The van der Waals surface area contributed by atoms with E-state index in [1.54, 1.807) is 0 Å². The summed E-state index contributed by atoms with van der Waals surface area (Å²) in [5, 5.41) is 8.61. The van der Waals surface area contributed by atoms with Crippen molar-refractivity contribution in [3.05, 3.63) is 12.2 Å². The molecule has 5 heteroatoms. The van der Waals surface area contributed by atoms with E-state index in [9.17, 15) is 8.42 Å². The number of hydrogen-bond donors (Lipinski definition) is 1. The predicted octanol–water partition coefficient (Wildman–Crippen LogP) is 1.94. The maximum Gasteiger partial charge on any atom is 0.150 e. The molecular formula is C14H26O4S. The largest absolute Gasteiger partial charge is 0.396 e. The lowest BCUT2D eigenvalue weighted by Gasteiger charge is -2.35. The molecular weight excluding hydrogens is 264 g/mol. The first-order chi connectivity index (χ1) is 8.97. The molecule has 0 unspecified atom stereocenters. The number of hydrogen-bond acceptors (Lipinski definition) is 4. The van der Waals surface area contributed by atoms with Gasteiger partial charge < -0.3 is 9.84 Å². The van der Waals surface area contributed by atoms with Crippen LogP contribution in [0.5, 0.6) is 0 Å². The first kappa shape index (κ1) is 16.7. The van der Waals surface area contributed by atoms with Crippen molar-refractivity contribution in [2.45, 2.75) is 39.0 Å². The summed E-state index contributed by atoms with van der Waals surface area (Å²) in [7, 11) is -2.95. The van der Waals surface area contributed by atoms with E-state index in [4.69, 9.17) is 9.84 Å². The van der Waals surface area contributed by atoms with Gasteiger partial charge in [-0.15, -0.1) is 0 Å². The standard InChI is InChI=1S/C14H26O4S/c1-14(12-18-13-14)8-5-3-2-4-6-10-19(16,17)11-7-9-15/h5,8,15H,2-4,6-7,9-13H2,1H3/b8-5+. The van der Waals surface area contributed by atoms with Crippen molar-refractivity contribution < 1.29 is 18.3 Å². The van der Waals surface area contributed by atoms with Gasteiger partial charge in [0, 0.05) is 12.0 Å². The van der Waals surface area contributed by atoms with Gasteiger partial charge in [-0.25, -0.2) is 8.42 Å². The minimum absolute atomic E-state index is 0.0491. The maximum absolute atomic E-state index is 11.5. The molecule has 1 saturated heterocycles. The topological polar surface area (TPSA) is 63.6 Å². The van der Waals surface area contributed by atoms with E-state index in [1.807, 2.05) is 0 Å². The molecule has 1 aliphatic rings. The molecule has 0 atom stereocenters. The first-order valence-electron chi connectivity index (χ1n) is 7.04. The number of aliphatic hydroxyl groups is 1. The molecule has 1 rings (SSSR count). The molecule has 0 radical (unpaired) electrons. The van der Waals surface area contributed by atoms with Gasteiger partial charge in [-0.05, 0) is 25.7 Å². The van der Waals surface area contributed by atoms with Crippen LogP contribution in [0.25, 0.3) is 0 Å². The van der Waals surface area contributed by atoms with Crippen LogP contribution in [0.4, 0.5) is 0 Å². The molecule has 0 bridgehead atoms. The van der Waals surface area contributed by atoms with Crippen LogP contribution < -0.4 is 0 Å². The Balaban J connectivity index is 2.02. The van der Waals surface area contributed by atoms with E-state index in [2.05, 4.69) is 19.1 Å². The quantitative estimate of drug-likeness (QED) is 0.493. The summed E-state index contributed by atoms with van der Waals surface area (Å²) in [4.78, 5) is 0. The number of ether oxygens (including phenoxy) is 1. The fourth-order valence-corrected chi connectivity index (χ4v) is 3.45. The lowest BCUT2D eigenvalue weighted by molar-refractivity contribution is -0.0709. The van der Waals surface area contributed by atoms with E-state index in [1.165, 1.54) is 0 Å². The normalized spacial score (nSPS) is 18.6. The van der Waals surface area contributed by atoms with Crippen LogP contribution >= 0.6 is 0 Å². The Bertz CT molecular complexity index is 369. The molecule has 112 valence electrons. The summed E-state index contributed by atoms with van der Waals surface area (Å²) in [5.74, 6) is 0.365. The second kappa shape index (κ2) is 8.02. The van der Waals surface area contributed by atoms with Gasteiger partial charge in [0.15, 0.2) is 0 Å². The molecule has 0 spiro atoms. The Labute approximate surface area is 116 Å². The molecule has 1 aliphatic heterocycles. The van der Waals surface area contributed by atoms with Gasteiger partial charge in [-0.1, -0.05) is 25.5 Å². The average Bonchev–Trinajstić information content (AvgIpc) is 2.33. The molecule has 19 heavy (non-hydrogen) atoms. The molecule has 0 aromatic rings. The van der Waals surface area contributed by atoms with Gasteiger partial charge >= 0.3 is 0 Å². The number of unbranched alkanes of at least 4 members (excludes halogenated alkanes) is 3. The smallest absolute Gasteiger partial charge is 0.150 e. The van der Waals surface area contributed by atoms with Gasteiger partial charge in [0.05, 0.1) is 24.7 Å². The lowest BCUT2D eigenvalue weighted by Crippen LogP contribution is -2.37. The fraction of sp³-hybridized carbons (Fsp3) is 0.857. The lowest BCUT2D eigenvalue weighted by atomic mass is 9.88. The van der Waals surface area contributed by atoms with Crippen LogP contribution in [-0.2, 0) is 14.6 Å². The Morgan fingerprint density at radius 2 is 1.84 bits per heavy atom. The SMILES string of the molecule is CC1(/C=C/CCCCCS(=O)(=O)CCCO)COC1. The highest BCUT2D eigenvalue weighted by Gasteiger charge is 2.29. The third-order valence-corrected chi connectivity index (χ3v) is 5.14. The summed E-state index contributed by atoms with van der Waals surface area (Å²) < 4.78 is 28.2. The van der Waals surface area contributed by atoms with E-state index in [-0.39, 0.29) is 23.5 Å². The van der Waals surface area contributed by atoms with Gasteiger partial charge in [-0.2, -0.15) is 0 Å². The van der Waals surface area contributed by atoms with Gasteiger partial charge in [-0.3, -0.25) is 0 Å². The number of aliphatic hydroxyl groups excluding tert-OH is 1. The zero-order chi connectivity index (χ0) is 14.2. The minimum Gasteiger partial charge on any atom is -0.396 e. The predicted molar refractivity (Wildman–Crippen MR) is 76.9 cm³/mol. The molecule has 0 saturated carbocycles. The Hall–Kier alpha value is -0.390. The van der Waals surface area contributed by atoms with Crippen LogP contribution in [0.15, 0.2) is 12.2 Å². The summed E-state index contributed by atoms with van der Waals surface area (Å²) in [6, 6.07) is 0. The van der Waals surface area contributed by atoms with E-state index in [0.717, 1.165) is 38.9 Å². The highest BCUT2D eigenvalue weighted by molar-refractivity contribution is 7.91. The molecule has 4 nitrogen and oxygen atoms in total. The molecule has 1 N–H and O–H groups in total. The number of allylic oxidation sites excluding steroid dienone is 1. The molecule has 0 amide bonds. The Morgan fingerprint density at radius 3 is 2.42 bits per heavy atom. The second-order valence-corrected chi connectivity index (χ2v) is 7.93. The van der Waals surface area contributed by atoms with Crippen molar-refractivity contribution in [2.75, 3.05) is 31.3 Å². The van der Waals surface area contributed by atoms with E-state index >= 15 is 0 Å². The van der Waals surface area contributed by atoms with Crippen molar-refractivity contribution in [1.82, 2.24) is 0 Å². The monoisotopic (exact) mass is 290 g/mol. The second-order valence-electron chi connectivity index (χ2n) is 5.63. The van der Waals surface area contributed by atoms with Crippen LogP contribution in [0.1, 0.15) is 39.0 Å². The fourth-order valence-electron chi connectivity index (χ4n) is 2.04. The minimum atomic E-state index is -2.95. The van der Waals surface area contributed by atoms with Gasteiger partial charge in [0.1, 0.15) is 9.84 Å². The Morgan fingerprint density at radius 1 is 1.16 bits per heavy atom. The van der Waals surface area contributed by atoms with E-state index in [0.29, 0.717) is 6.42 Å². The summed E-state index contributed by atoms with van der Waals surface area (Å²) in [6.45, 7) is 3.76. The maximum atomic E-state index is 11.5. The third-order valence-electron chi connectivity index (χ3n) is 3.32. The molecule has 0 aromatic heterocycles. The van der Waals surface area contributed by atoms with Gasteiger partial charge in [0.25, 0.3) is 0 Å². The summed E-state index contributed by atoms with van der Waals surface area (Å²) >= 11 is 0. The summed E-state index contributed by atoms with van der Waals surface area (Å²) in [5.41, 5.74) is 0.230. The van der Waals surface area contributed by atoms with Crippen molar-refractivity contribution in [2.24, 2.45) is 5.41 Å². The van der Waals surface area contributed by atoms with Crippen molar-refractivity contribution in [1.29, 1.82) is 0 Å². The van der Waals surface area contributed by atoms with Crippen molar-refractivity contribution in [3.63, 3.8) is 0 Å². The van der Waals surface area contributed by atoms with E-state index < -0.39 is 9.84 Å². The highest BCUT2D eigenvalue weighted by Crippen LogP contribution is 2.28. The van der Waals surface area contributed by atoms with Crippen LogP contribution in [-0.4, -0.2) is 44.9 Å². The highest BCUT2D eigenvalue weighted by atomic mass is 32.2. The first-order valence-corrected chi connectivity index (χ1v) is 8.86. The van der Waals surface area contributed by atoms with Crippen molar-refractivity contribution in [3.8, 4) is 0 Å². The zero-order valence-corrected chi connectivity index (χ0v) is 12.6. The van der Waals surface area contributed by atoms with Gasteiger partial charge in [0.2, 0.25) is 0 Å². The summed E-state index contributed by atoms with van der Waals surface area (Å²) in [6.07, 6.45) is 8.45. The molecule has 1 fully saturated rings. The average molecular weight is 290 g/mol. The number of sulfone groups is 1. The molecule has 1 heterocycles. The number of rotatable bonds is 10. The molecule has 0 aliphatic carbocycles. The molecule has 0 aromatic carbocycles. The Kier molecular flexibility index (Phi) is 7.04. The zero-order valence-electron chi connectivity index (χ0n) is 11.8. The third kappa shape index (κ3) is 7.09. The van der Waals surface area contributed by atoms with Crippen LogP contribution in [0.2, 0.25) is 0 Å². The van der Waals surface area contributed by atoms with Crippen LogP contribution in [0, 0.1) is 5.41 Å². The van der Waals surface area contributed by atoms with Crippen LogP contribution in [0.3, 0.4) is 0 Å².